The molecule has 0 saturated heterocycles. The van der Waals surface area contributed by atoms with Crippen LogP contribution >= 0.6 is 0 Å². The molecule has 1 aliphatic rings. The number of hydrogen-bond acceptors (Lipinski definition) is 1. The molecule has 1 unspecified atom stereocenters. The Balaban J connectivity index is 2.18. The molecular formula is C17H16F3N. The number of fused-ring (bicyclic) bond motifs is 1. The Morgan fingerprint density at radius 1 is 1.00 bits per heavy atom. The second-order valence-electron chi connectivity index (χ2n) is 5.30. The smallest absolute Gasteiger partial charge is 0.313 e. The summed E-state index contributed by atoms with van der Waals surface area (Å²) in [5.74, 6) is 0. The molecule has 0 radical (unpaired) electrons. The van der Waals surface area contributed by atoms with E-state index in [4.69, 9.17) is 0 Å². The van der Waals surface area contributed by atoms with E-state index in [1.165, 1.54) is 6.07 Å². The summed E-state index contributed by atoms with van der Waals surface area (Å²) in [5.41, 5.74) is 2.57. The van der Waals surface area contributed by atoms with E-state index in [1.54, 1.807) is 18.2 Å². The summed E-state index contributed by atoms with van der Waals surface area (Å²) in [6.45, 7) is 0. The summed E-state index contributed by atoms with van der Waals surface area (Å²) < 4.78 is 39.6. The van der Waals surface area contributed by atoms with Gasteiger partial charge in [0.15, 0.2) is 0 Å². The molecule has 0 saturated carbocycles. The zero-order valence-electron chi connectivity index (χ0n) is 11.7. The third-order valence-electron chi connectivity index (χ3n) is 4.14. The first-order chi connectivity index (χ1) is 10.0. The molecule has 2 aromatic rings. The fourth-order valence-electron chi connectivity index (χ4n) is 3.17. The highest BCUT2D eigenvalue weighted by molar-refractivity contribution is 5.73. The van der Waals surface area contributed by atoms with Crippen LogP contribution in [0, 0.1) is 0 Å². The fourth-order valence-corrected chi connectivity index (χ4v) is 3.17. The van der Waals surface area contributed by atoms with Crippen LogP contribution in [0.5, 0.6) is 0 Å². The van der Waals surface area contributed by atoms with Gasteiger partial charge in [-0.1, -0.05) is 36.4 Å². The van der Waals surface area contributed by atoms with Crippen LogP contribution in [0.4, 0.5) is 13.2 Å². The van der Waals surface area contributed by atoms with E-state index in [2.05, 4.69) is 5.32 Å². The Bertz CT molecular complexity index is 661. The molecular weight excluding hydrogens is 275 g/mol. The highest BCUT2D eigenvalue weighted by Crippen LogP contribution is 2.42. The highest BCUT2D eigenvalue weighted by atomic mass is 19.4. The lowest BCUT2D eigenvalue weighted by atomic mass is 9.93. The molecule has 1 aliphatic carbocycles. The predicted molar refractivity (Wildman–Crippen MR) is 77.0 cm³/mol. The molecule has 1 atom stereocenters. The summed E-state index contributed by atoms with van der Waals surface area (Å²) in [6.07, 6.45) is -2.60. The first kappa shape index (κ1) is 14.1. The van der Waals surface area contributed by atoms with Crippen molar-refractivity contribution in [2.24, 2.45) is 0 Å². The van der Waals surface area contributed by atoms with Crippen molar-refractivity contribution >= 4 is 0 Å². The van der Waals surface area contributed by atoms with Crippen molar-refractivity contribution in [3.8, 4) is 11.1 Å². The summed E-state index contributed by atoms with van der Waals surface area (Å²) in [7, 11) is 1.89. The van der Waals surface area contributed by atoms with Gasteiger partial charge in [0, 0.05) is 6.04 Å². The van der Waals surface area contributed by atoms with E-state index < -0.39 is 11.7 Å². The van der Waals surface area contributed by atoms with Gasteiger partial charge in [0.2, 0.25) is 0 Å². The van der Waals surface area contributed by atoms with Crippen molar-refractivity contribution < 1.29 is 13.2 Å². The predicted octanol–water partition coefficient (Wildman–Crippen LogP) is 4.58. The molecule has 0 aromatic heterocycles. The minimum Gasteiger partial charge on any atom is -0.313 e. The molecule has 4 heteroatoms. The van der Waals surface area contributed by atoms with Gasteiger partial charge in [-0.2, -0.15) is 13.2 Å². The summed E-state index contributed by atoms with van der Waals surface area (Å²) >= 11 is 0. The Kier molecular flexibility index (Phi) is 3.49. The summed E-state index contributed by atoms with van der Waals surface area (Å²) in [6, 6.07) is 11.7. The van der Waals surface area contributed by atoms with E-state index in [1.807, 2.05) is 19.2 Å². The van der Waals surface area contributed by atoms with Crippen LogP contribution in [0.15, 0.2) is 42.5 Å². The van der Waals surface area contributed by atoms with E-state index in [-0.39, 0.29) is 11.6 Å². The van der Waals surface area contributed by atoms with Crippen LogP contribution < -0.4 is 5.32 Å². The lowest BCUT2D eigenvalue weighted by Gasteiger charge is -2.16. The van der Waals surface area contributed by atoms with Gasteiger partial charge >= 0.3 is 6.18 Å². The standard InChI is InChI=1S/C17H16F3N/c1-21-16-10-9-12-11(6-4-7-14(12)16)13-5-2-3-8-15(13)17(18,19)20/h2-8,16,21H,9-10H2,1H3. The van der Waals surface area contributed by atoms with Crippen LogP contribution in [-0.4, -0.2) is 7.05 Å². The Labute approximate surface area is 121 Å². The maximum atomic E-state index is 13.2. The third-order valence-corrected chi connectivity index (χ3v) is 4.14. The lowest BCUT2D eigenvalue weighted by molar-refractivity contribution is -0.137. The fraction of sp³-hybridized carbons (Fsp3) is 0.294. The number of hydrogen-bond donors (Lipinski definition) is 1. The molecule has 0 heterocycles. The van der Waals surface area contributed by atoms with Gasteiger partial charge in [0.05, 0.1) is 5.56 Å². The van der Waals surface area contributed by atoms with Crippen LogP contribution in [0.2, 0.25) is 0 Å². The zero-order chi connectivity index (χ0) is 15.0. The molecule has 0 aliphatic heterocycles. The summed E-state index contributed by atoms with van der Waals surface area (Å²) in [5, 5.41) is 3.22. The Morgan fingerprint density at radius 3 is 2.43 bits per heavy atom. The molecule has 2 aromatic carbocycles. The highest BCUT2D eigenvalue weighted by Gasteiger charge is 2.34. The van der Waals surface area contributed by atoms with Crippen molar-refractivity contribution in [2.75, 3.05) is 7.05 Å². The minimum atomic E-state index is -4.33. The van der Waals surface area contributed by atoms with E-state index >= 15 is 0 Å². The first-order valence-corrected chi connectivity index (χ1v) is 6.98. The molecule has 0 spiro atoms. The Morgan fingerprint density at radius 2 is 1.71 bits per heavy atom. The number of halogens is 3. The lowest BCUT2D eigenvalue weighted by Crippen LogP contribution is -2.12. The molecule has 1 N–H and O–H groups in total. The minimum absolute atomic E-state index is 0.234. The molecule has 0 bridgehead atoms. The summed E-state index contributed by atoms with van der Waals surface area (Å²) in [4.78, 5) is 0. The zero-order valence-corrected chi connectivity index (χ0v) is 11.7. The van der Waals surface area contributed by atoms with E-state index in [9.17, 15) is 13.2 Å². The van der Waals surface area contributed by atoms with Crippen LogP contribution in [-0.2, 0) is 12.6 Å². The topological polar surface area (TPSA) is 12.0 Å². The number of benzene rings is 2. The second-order valence-corrected chi connectivity index (χ2v) is 5.30. The van der Waals surface area contributed by atoms with Crippen molar-refractivity contribution in [3.63, 3.8) is 0 Å². The molecule has 3 rings (SSSR count). The third kappa shape index (κ3) is 2.44. The van der Waals surface area contributed by atoms with Crippen molar-refractivity contribution in [1.29, 1.82) is 0 Å². The van der Waals surface area contributed by atoms with Gasteiger partial charge in [-0.3, -0.25) is 0 Å². The quantitative estimate of drug-likeness (QED) is 0.854. The average Bonchev–Trinajstić information content (AvgIpc) is 2.89. The van der Waals surface area contributed by atoms with Crippen molar-refractivity contribution in [1.82, 2.24) is 5.32 Å². The van der Waals surface area contributed by atoms with Crippen LogP contribution in [0.25, 0.3) is 11.1 Å². The number of rotatable bonds is 2. The first-order valence-electron chi connectivity index (χ1n) is 6.98. The Hall–Kier alpha value is -1.81. The van der Waals surface area contributed by atoms with Gasteiger partial charge in [0.1, 0.15) is 0 Å². The van der Waals surface area contributed by atoms with Gasteiger partial charge in [0.25, 0.3) is 0 Å². The SMILES string of the molecule is CNC1CCc2c(-c3ccccc3C(F)(F)F)cccc21. The number of nitrogens with one attached hydrogen (secondary N) is 1. The molecule has 0 amide bonds. The van der Waals surface area contributed by atoms with Gasteiger partial charge in [-0.15, -0.1) is 0 Å². The molecule has 1 nitrogen and oxygen atoms in total. The normalized spacial score (nSPS) is 17.8. The molecule has 21 heavy (non-hydrogen) atoms. The average molecular weight is 291 g/mol. The van der Waals surface area contributed by atoms with Crippen molar-refractivity contribution in [2.45, 2.75) is 25.1 Å². The van der Waals surface area contributed by atoms with E-state index in [0.717, 1.165) is 30.0 Å². The maximum Gasteiger partial charge on any atom is 0.417 e. The van der Waals surface area contributed by atoms with E-state index in [0.29, 0.717) is 5.56 Å². The van der Waals surface area contributed by atoms with Crippen LogP contribution in [0.1, 0.15) is 29.2 Å². The van der Waals surface area contributed by atoms with Gasteiger partial charge in [-0.25, -0.2) is 0 Å². The number of alkyl halides is 3. The molecule has 0 fully saturated rings. The monoisotopic (exact) mass is 291 g/mol. The molecule has 110 valence electrons. The van der Waals surface area contributed by atoms with Gasteiger partial charge < -0.3 is 5.32 Å². The van der Waals surface area contributed by atoms with Gasteiger partial charge in [-0.05, 0) is 48.2 Å². The maximum absolute atomic E-state index is 13.2. The second kappa shape index (κ2) is 5.19. The largest absolute Gasteiger partial charge is 0.417 e. The van der Waals surface area contributed by atoms with Crippen LogP contribution in [0.3, 0.4) is 0 Å². The van der Waals surface area contributed by atoms with Crippen molar-refractivity contribution in [3.05, 3.63) is 59.2 Å².